The number of hydrogen-bond donors (Lipinski definition) is 1. The van der Waals surface area contributed by atoms with Crippen LogP contribution in [0.4, 0.5) is 0 Å². The first-order valence-electron chi connectivity index (χ1n) is 7.06. The second-order valence-corrected chi connectivity index (χ2v) is 5.77. The summed E-state index contributed by atoms with van der Waals surface area (Å²) >= 11 is 6.07. The largest absolute Gasteiger partial charge is 0.363 e. The van der Waals surface area contributed by atoms with Crippen LogP contribution in [0, 0.1) is 13.8 Å². The lowest BCUT2D eigenvalue weighted by Crippen LogP contribution is -2.13. The van der Waals surface area contributed by atoms with Crippen molar-refractivity contribution in [2.45, 2.75) is 13.8 Å². The van der Waals surface area contributed by atoms with Gasteiger partial charge in [0.15, 0.2) is 5.82 Å². The molecule has 0 bridgehead atoms. The van der Waals surface area contributed by atoms with Gasteiger partial charge in [-0.2, -0.15) is 0 Å². The topological polar surface area (TPSA) is 73.8 Å². The maximum absolute atomic E-state index is 11.5. The van der Waals surface area contributed by atoms with Crippen molar-refractivity contribution in [3.63, 3.8) is 0 Å². The fourth-order valence-corrected chi connectivity index (χ4v) is 2.63. The molecule has 0 radical (unpaired) electrons. The zero-order valence-electron chi connectivity index (χ0n) is 12.7. The molecule has 23 heavy (non-hydrogen) atoms. The van der Waals surface area contributed by atoms with E-state index in [1.807, 2.05) is 44.2 Å². The molecule has 1 amide bonds. The van der Waals surface area contributed by atoms with Crippen molar-refractivity contribution < 1.29 is 4.79 Å². The van der Waals surface area contributed by atoms with Crippen LogP contribution >= 0.6 is 11.6 Å². The molecule has 0 saturated heterocycles. The summed E-state index contributed by atoms with van der Waals surface area (Å²) in [5.74, 6) is -0.176. The molecule has 0 aliphatic carbocycles. The SMILES string of the molecule is Cc1ccc(-n2nc(C(N)=O)nc2-c2cccc(Cl)c2)c(C)c1. The molecule has 0 atom stereocenters. The minimum atomic E-state index is -0.670. The molecule has 3 rings (SSSR count). The Morgan fingerprint density at radius 2 is 1.96 bits per heavy atom. The summed E-state index contributed by atoms with van der Waals surface area (Å²) in [5, 5.41) is 4.85. The van der Waals surface area contributed by atoms with Gasteiger partial charge in [0.2, 0.25) is 5.82 Å². The molecular formula is C17H15ClN4O. The molecule has 0 aliphatic rings. The molecule has 2 aromatic carbocycles. The van der Waals surface area contributed by atoms with E-state index in [-0.39, 0.29) is 5.82 Å². The Hall–Kier alpha value is -2.66. The van der Waals surface area contributed by atoms with Gasteiger partial charge in [-0.05, 0) is 37.6 Å². The number of halogens is 1. The predicted molar refractivity (Wildman–Crippen MR) is 89.8 cm³/mol. The number of aromatic nitrogens is 3. The van der Waals surface area contributed by atoms with E-state index in [4.69, 9.17) is 17.3 Å². The van der Waals surface area contributed by atoms with Crippen LogP contribution in [0.15, 0.2) is 42.5 Å². The van der Waals surface area contributed by atoms with E-state index < -0.39 is 5.91 Å². The number of carbonyl (C=O) groups excluding carboxylic acids is 1. The maximum atomic E-state index is 11.5. The number of carbonyl (C=O) groups is 1. The van der Waals surface area contributed by atoms with E-state index in [0.29, 0.717) is 10.8 Å². The normalized spacial score (nSPS) is 10.7. The molecule has 3 aromatic rings. The average molecular weight is 327 g/mol. The quantitative estimate of drug-likeness (QED) is 0.802. The lowest BCUT2D eigenvalue weighted by atomic mass is 10.1. The standard InChI is InChI=1S/C17H15ClN4O/c1-10-6-7-14(11(2)8-10)22-17(20-16(21-22)15(19)23)12-4-3-5-13(18)9-12/h3-9H,1-2H3,(H2,19,23). The highest BCUT2D eigenvalue weighted by Crippen LogP contribution is 2.25. The zero-order valence-corrected chi connectivity index (χ0v) is 13.5. The monoisotopic (exact) mass is 326 g/mol. The summed E-state index contributed by atoms with van der Waals surface area (Å²) in [7, 11) is 0. The Morgan fingerprint density at radius 1 is 1.17 bits per heavy atom. The Bertz CT molecular complexity index is 901. The number of benzene rings is 2. The molecule has 6 heteroatoms. The van der Waals surface area contributed by atoms with Crippen molar-refractivity contribution in [2.75, 3.05) is 0 Å². The van der Waals surface area contributed by atoms with Gasteiger partial charge in [-0.25, -0.2) is 9.67 Å². The van der Waals surface area contributed by atoms with Crippen LogP contribution in [-0.4, -0.2) is 20.7 Å². The Labute approximate surface area is 138 Å². The van der Waals surface area contributed by atoms with Crippen LogP contribution in [0.2, 0.25) is 5.02 Å². The van der Waals surface area contributed by atoms with Crippen molar-refractivity contribution in [2.24, 2.45) is 5.73 Å². The average Bonchev–Trinajstić information content (AvgIpc) is 2.92. The number of hydrogen-bond acceptors (Lipinski definition) is 3. The second-order valence-electron chi connectivity index (χ2n) is 5.34. The van der Waals surface area contributed by atoms with Crippen LogP contribution in [0.3, 0.4) is 0 Å². The summed E-state index contributed by atoms with van der Waals surface area (Å²) in [5.41, 5.74) is 9.11. The molecule has 116 valence electrons. The highest BCUT2D eigenvalue weighted by Gasteiger charge is 2.18. The zero-order chi connectivity index (χ0) is 16.6. The van der Waals surface area contributed by atoms with E-state index >= 15 is 0 Å². The summed E-state index contributed by atoms with van der Waals surface area (Å²) in [6.07, 6.45) is 0. The van der Waals surface area contributed by atoms with Gasteiger partial charge in [-0.3, -0.25) is 4.79 Å². The van der Waals surface area contributed by atoms with Crippen molar-refractivity contribution in [3.8, 4) is 17.1 Å². The fraction of sp³-hybridized carbons (Fsp3) is 0.118. The van der Waals surface area contributed by atoms with Crippen LogP contribution in [0.25, 0.3) is 17.1 Å². The number of nitrogens with two attached hydrogens (primary N) is 1. The summed E-state index contributed by atoms with van der Waals surface area (Å²) in [4.78, 5) is 15.8. The highest BCUT2D eigenvalue weighted by molar-refractivity contribution is 6.30. The lowest BCUT2D eigenvalue weighted by molar-refractivity contribution is 0.0990. The molecule has 5 nitrogen and oxygen atoms in total. The van der Waals surface area contributed by atoms with Crippen molar-refractivity contribution >= 4 is 17.5 Å². The van der Waals surface area contributed by atoms with E-state index in [9.17, 15) is 4.79 Å². The van der Waals surface area contributed by atoms with Gasteiger partial charge in [-0.15, -0.1) is 5.10 Å². The van der Waals surface area contributed by atoms with Crippen LogP contribution in [0.5, 0.6) is 0 Å². The predicted octanol–water partition coefficient (Wildman–Crippen LogP) is 3.30. The maximum Gasteiger partial charge on any atom is 0.288 e. The Kier molecular flexibility index (Phi) is 3.88. The first kappa shape index (κ1) is 15.2. The number of rotatable bonds is 3. The number of nitrogens with zero attached hydrogens (tertiary/aromatic N) is 3. The van der Waals surface area contributed by atoms with E-state index in [1.54, 1.807) is 16.8 Å². The molecule has 0 unspecified atom stereocenters. The molecule has 0 fully saturated rings. The van der Waals surface area contributed by atoms with E-state index in [0.717, 1.165) is 22.4 Å². The second kappa shape index (κ2) is 5.85. The molecule has 0 spiro atoms. The molecule has 0 saturated carbocycles. The number of aryl methyl sites for hydroxylation is 2. The van der Waals surface area contributed by atoms with Crippen molar-refractivity contribution in [1.29, 1.82) is 0 Å². The van der Waals surface area contributed by atoms with Gasteiger partial charge < -0.3 is 5.73 Å². The lowest BCUT2D eigenvalue weighted by Gasteiger charge is -2.10. The number of amides is 1. The number of primary amides is 1. The van der Waals surface area contributed by atoms with Crippen molar-refractivity contribution in [3.05, 3.63) is 64.4 Å². The molecule has 2 N–H and O–H groups in total. The third-order valence-electron chi connectivity index (χ3n) is 3.49. The van der Waals surface area contributed by atoms with Gasteiger partial charge >= 0.3 is 0 Å². The van der Waals surface area contributed by atoms with E-state index in [2.05, 4.69) is 10.1 Å². The third kappa shape index (κ3) is 2.96. The van der Waals surface area contributed by atoms with Crippen LogP contribution < -0.4 is 5.73 Å². The molecule has 1 aromatic heterocycles. The smallest absolute Gasteiger partial charge is 0.288 e. The van der Waals surface area contributed by atoms with Gasteiger partial charge in [0, 0.05) is 10.6 Å². The summed E-state index contributed by atoms with van der Waals surface area (Å²) < 4.78 is 1.63. The highest BCUT2D eigenvalue weighted by atomic mass is 35.5. The van der Waals surface area contributed by atoms with Gasteiger partial charge in [0.25, 0.3) is 5.91 Å². The summed E-state index contributed by atoms with van der Waals surface area (Å²) in [6, 6.07) is 13.2. The van der Waals surface area contributed by atoms with Crippen LogP contribution in [-0.2, 0) is 0 Å². The van der Waals surface area contributed by atoms with Gasteiger partial charge in [0.05, 0.1) is 5.69 Å². The molecule has 0 aliphatic heterocycles. The van der Waals surface area contributed by atoms with Gasteiger partial charge in [-0.1, -0.05) is 41.4 Å². The van der Waals surface area contributed by atoms with Gasteiger partial charge in [0.1, 0.15) is 0 Å². The molecule has 1 heterocycles. The Morgan fingerprint density at radius 3 is 2.61 bits per heavy atom. The minimum absolute atomic E-state index is 0.0278. The van der Waals surface area contributed by atoms with Crippen molar-refractivity contribution in [1.82, 2.24) is 14.8 Å². The fourth-order valence-electron chi connectivity index (χ4n) is 2.44. The first-order chi connectivity index (χ1) is 11.0. The summed E-state index contributed by atoms with van der Waals surface area (Å²) in [6.45, 7) is 4.00. The minimum Gasteiger partial charge on any atom is -0.363 e. The van der Waals surface area contributed by atoms with E-state index in [1.165, 1.54) is 0 Å². The Balaban J connectivity index is 2.25. The first-order valence-corrected chi connectivity index (χ1v) is 7.44. The third-order valence-corrected chi connectivity index (χ3v) is 3.73. The van der Waals surface area contributed by atoms with Crippen LogP contribution in [0.1, 0.15) is 21.7 Å². The molecular weight excluding hydrogens is 312 g/mol.